The van der Waals surface area contributed by atoms with E-state index in [1.54, 1.807) is 6.07 Å². The standard InChI is InChI=1S/C10H11N3O3S3/c11-19(14,15)8-4-3-7(18-8)10-12-9(13-16-10)6-2-1-5-17-6/h3-4,6H,1-2,5H2,(H2,11,14,15). The van der Waals surface area contributed by atoms with E-state index in [1.807, 2.05) is 11.8 Å². The lowest BCUT2D eigenvalue weighted by atomic mass is 10.2. The number of primary sulfonamides is 1. The second-order valence-electron chi connectivity index (χ2n) is 4.12. The van der Waals surface area contributed by atoms with E-state index in [9.17, 15) is 8.42 Å². The van der Waals surface area contributed by atoms with Crippen LogP contribution in [0.2, 0.25) is 0 Å². The Morgan fingerprint density at radius 2 is 2.26 bits per heavy atom. The molecule has 1 saturated heterocycles. The molecule has 9 heteroatoms. The Morgan fingerprint density at radius 3 is 2.89 bits per heavy atom. The average molecular weight is 317 g/mol. The Morgan fingerprint density at radius 1 is 1.42 bits per heavy atom. The minimum Gasteiger partial charge on any atom is -0.333 e. The number of hydrogen-bond acceptors (Lipinski definition) is 7. The third-order valence-electron chi connectivity index (χ3n) is 2.73. The molecule has 1 atom stereocenters. The molecule has 1 aliphatic rings. The molecule has 0 spiro atoms. The summed E-state index contributed by atoms with van der Waals surface area (Å²) in [5, 5.41) is 9.32. The van der Waals surface area contributed by atoms with Crippen molar-refractivity contribution in [3.8, 4) is 10.8 Å². The Labute approximate surface area is 118 Å². The van der Waals surface area contributed by atoms with Crippen LogP contribution in [-0.4, -0.2) is 24.3 Å². The fourth-order valence-corrected chi connectivity index (χ4v) is 4.68. The first kappa shape index (κ1) is 13.1. The molecular weight excluding hydrogens is 306 g/mol. The minimum absolute atomic E-state index is 0.0949. The van der Waals surface area contributed by atoms with Gasteiger partial charge in [-0.25, -0.2) is 13.6 Å². The van der Waals surface area contributed by atoms with Gasteiger partial charge in [0.2, 0.25) is 10.0 Å². The van der Waals surface area contributed by atoms with Crippen LogP contribution in [0.5, 0.6) is 0 Å². The molecule has 1 unspecified atom stereocenters. The highest BCUT2D eigenvalue weighted by molar-refractivity contribution is 7.99. The highest BCUT2D eigenvalue weighted by Crippen LogP contribution is 2.39. The van der Waals surface area contributed by atoms with Gasteiger partial charge in [-0.2, -0.15) is 16.7 Å². The molecule has 0 saturated carbocycles. The third kappa shape index (κ3) is 2.69. The first-order valence-corrected chi connectivity index (χ1v) is 9.03. The van der Waals surface area contributed by atoms with E-state index in [1.165, 1.54) is 6.07 Å². The number of sulfonamides is 1. The van der Waals surface area contributed by atoms with Crippen LogP contribution in [0.1, 0.15) is 23.9 Å². The van der Waals surface area contributed by atoms with E-state index >= 15 is 0 Å². The molecule has 19 heavy (non-hydrogen) atoms. The second kappa shape index (κ2) is 4.89. The fraction of sp³-hybridized carbons (Fsp3) is 0.400. The number of nitrogens with two attached hydrogens (primary N) is 1. The molecule has 3 rings (SSSR count). The maximum absolute atomic E-state index is 11.2. The van der Waals surface area contributed by atoms with Crippen LogP contribution < -0.4 is 5.14 Å². The molecule has 3 heterocycles. The van der Waals surface area contributed by atoms with Gasteiger partial charge in [0.05, 0.1) is 10.1 Å². The van der Waals surface area contributed by atoms with Gasteiger partial charge in [0, 0.05) is 0 Å². The molecule has 0 radical (unpaired) electrons. The zero-order valence-corrected chi connectivity index (χ0v) is 12.2. The second-order valence-corrected chi connectivity index (χ2v) is 8.31. The summed E-state index contributed by atoms with van der Waals surface area (Å²) in [5.74, 6) is 2.15. The summed E-state index contributed by atoms with van der Waals surface area (Å²) in [7, 11) is -3.67. The van der Waals surface area contributed by atoms with E-state index in [-0.39, 0.29) is 9.46 Å². The highest BCUT2D eigenvalue weighted by atomic mass is 32.2. The number of thiophene rings is 1. The van der Waals surface area contributed by atoms with Gasteiger partial charge in [-0.15, -0.1) is 11.3 Å². The van der Waals surface area contributed by atoms with Crippen molar-refractivity contribution in [2.24, 2.45) is 5.14 Å². The summed E-state index contributed by atoms with van der Waals surface area (Å²) in [5.41, 5.74) is 0. The van der Waals surface area contributed by atoms with Gasteiger partial charge in [0.1, 0.15) is 4.21 Å². The number of hydrogen-bond donors (Lipinski definition) is 1. The minimum atomic E-state index is -3.67. The molecule has 2 N–H and O–H groups in total. The summed E-state index contributed by atoms with van der Waals surface area (Å²) >= 11 is 2.85. The molecule has 102 valence electrons. The topological polar surface area (TPSA) is 99.1 Å². The number of nitrogens with zero attached hydrogens (tertiary/aromatic N) is 2. The molecular formula is C10H11N3O3S3. The number of rotatable bonds is 3. The third-order valence-corrected chi connectivity index (χ3v) is 6.62. The summed E-state index contributed by atoms with van der Waals surface area (Å²) in [6.45, 7) is 0. The zero-order chi connectivity index (χ0) is 13.5. The molecule has 0 bridgehead atoms. The van der Waals surface area contributed by atoms with Crippen LogP contribution >= 0.6 is 23.1 Å². The Balaban J connectivity index is 1.88. The molecule has 2 aromatic heterocycles. The van der Waals surface area contributed by atoms with Crippen molar-refractivity contribution in [3.05, 3.63) is 18.0 Å². The Hall–Kier alpha value is -0.900. The number of aromatic nitrogens is 2. The van der Waals surface area contributed by atoms with Gasteiger partial charge in [-0.05, 0) is 30.7 Å². The van der Waals surface area contributed by atoms with Crippen LogP contribution in [0.25, 0.3) is 10.8 Å². The smallest absolute Gasteiger partial charge is 0.268 e. The van der Waals surface area contributed by atoms with Gasteiger partial charge >= 0.3 is 0 Å². The van der Waals surface area contributed by atoms with Gasteiger partial charge in [0.15, 0.2) is 5.82 Å². The van der Waals surface area contributed by atoms with Crippen molar-refractivity contribution in [2.75, 3.05) is 5.75 Å². The lowest BCUT2D eigenvalue weighted by Gasteiger charge is -1.98. The maximum Gasteiger partial charge on any atom is 0.268 e. The fourth-order valence-electron chi connectivity index (χ4n) is 1.84. The molecule has 6 nitrogen and oxygen atoms in total. The van der Waals surface area contributed by atoms with E-state index < -0.39 is 10.0 Å². The van der Waals surface area contributed by atoms with E-state index in [2.05, 4.69) is 10.1 Å². The van der Waals surface area contributed by atoms with Crippen LogP contribution in [0.15, 0.2) is 20.9 Å². The Kier molecular flexibility index (Phi) is 3.37. The van der Waals surface area contributed by atoms with Crippen LogP contribution in [-0.2, 0) is 10.0 Å². The van der Waals surface area contributed by atoms with Gasteiger partial charge < -0.3 is 4.52 Å². The van der Waals surface area contributed by atoms with E-state index in [4.69, 9.17) is 9.66 Å². The summed E-state index contributed by atoms with van der Waals surface area (Å²) < 4.78 is 27.7. The van der Waals surface area contributed by atoms with Crippen molar-refractivity contribution in [1.29, 1.82) is 0 Å². The van der Waals surface area contributed by atoms with E-state index in [0.717, 1.165) is 29.9 Å². The Bertz CT molecular complexity index is 686. The molecule has 0 aromatic carbocycles. The van der Waals surface area contributed by atoms with Crippen LogP contribution in [0, 0.1) is 0 Å². The van der Waals surface area contributed by atoms with Gasteiger partial charge in [-0.1, -0.05) is 5.16 Å². The normalized spacial score (nSPS) is 19.9. The molecule has 1 aliphatic heterocycles. The molecule has 0 amide bonds. The van der Waals surface area contributed by atoms with E-state index in [0.29, 0.717) is 16.6 Å². The van der Waals surface area contributed by atoms with Crippen molar-refractivity contribution >= 4 is 33.1 Å². The zero-order valence-electron chi connectivity index (χ0n) is 9.77. The van der Waals surface area contributed by atoms with Gasteiger partial charge in [0.25, 0.3) is 5.89 Å². The SMILES string of the molecule is NS(=O)(=O)c1ccc(-c2nc(C3CCCS3)no2)s1. The predicted octanol–water partition coefficient (Wildman–Crippen LogP) is 2.01. The number of thioether (sulfide) groups is 1. The van der Waals surface area contributed by atoms with Crippen molar-refractivity contribution < 1.29 is 12.9 Å². The monoisotopic (exact) mass is 317 g/mol. The quantitative estimate of drug-likeness (QED) is 0.929. The highest BCUT2D eigenvalue weighted by Gasteiger charge is 2.24. The average Bonchev–Trinajstić information content (AvgIpc) is 3.10. The van der Waals surface area contributed by atoms with Crippen molar-refractivity contribution in [2.45, 2.75) is 22.3 Å². The largest absolute Gasteiger partial charge is 0.333 e. The summed E-state index contributed by atoms with van der Waals surface area (Å²) in [6.07, 6.45) is 2.21. The van der Waals surface area contributed by atoms with Crippen molar-refractivity contribution in [1.82, 2.24) is 10.1 Å². The van der Waals surface area contributed by atoms with Crippen LogP contribution in [0.4, 0.5) is 0 Å². The first-order valence-electron chi connectivity index (χ1n) is 5.62. The summed E-state index contributed by atoms with van der Waals surface area (Å²) in [4.78, 5) is 4.95. The van der Waals surface area contributed by atoms with Crippen molar-refractivity contribution in [3.63, 3.8) is 0 Å². The maximum atomic E-state index is 11.2. The van der Waals surface area contributed by atoms with Crippen LogP contribution in [0.3, 0.4) is 0 Å². The molecule has 0 aliphatic carbocycles. The summed E-state index contributed by atoms with van der Waals surface area (Å²) in [6, 6.07) is 3.08. The molecule has 1 fully saturated rings. The lowest BCUT2D eigenvalue weighted by Crippen LogP contribution is -2.09. The predicted molar refractivity (Wildman–Crippen MR) is 73.4 cm³/mol. The lowest BCUT2D eigenvalue weighted by molar-refractivity contribution is 0.422. The van der Waals surface area contributed by atoms with Gasteiger partial charge in [-0.3, -0.25) is 0 Å². The molecule has 2 aromatic rings. The first-order chi connectivity index (χ1) is 9.04.